The molecule has 1 aliphatic heterocycles. The molecule has 5 heteroatoms. The van der Waals surface area contributed by atoms with Crippen molar-refractivity contribution in [3.63, 3.8) is 0 Å². The molecule has 1 aromatic carbocycles. The molecule has 3 rings (SSSR count). The van der Waals surface area contributed by atoms with E-state index in [9.17, 15) is 4.79 Å². The summed E-state index contributed by atoms with van der Waals surface area (Å²) in [6.45, 7) is 4.00. The molecule has 1 aromatic heterocycles. The maximum absolute atomic E-state index is 12.7. The molecule has 0 saturated carbocycles. The number of hydrogen-bond donors (Lipinski definition) is 0. The van der Waals surface area contributed by atoms with Crippen molar-refractivity contribution in [2.45, 2.75) is 39.0 Å². The Labute approximate surface area is 136 Å². The molecule has 0 bridgehead atoms. The lowest BCUT2D eigenvalue weighted by molar-refractivity contribution is -0.133. The molecule has 0 fully saturated rings. The van der Waals surface area contributed by atoms with E-state index in [4.69, 9.17) is 4.74 Å². The third-order valence-electron chi connectivity index (χ3n) is 4.51. The first-order valence-corrected chi connectivity index (χ1v) is 8.03. The van der Waals surface area contributed by atoms with Crippen LogP contribution in [0.4, 0.5) is 0 Å². The van der Waals surface area contributed by atoms with Crippen LogP contribution >= 0.6 is 0 Å². The van der Waals surface area contributed by atoms with Gasteiger partial charge in [0.2, 0.25) is 5.91 Å². The molecule has 0 N–H and O–H groups in total. The van der Waals surface area contributed by atoms with E-state index < -0.39 is 0 Å². The predicted molar refractivity (Wildman–Crippen MR) is 87.9 cm³/mol. The molecule has 0 radical (unpaired) electrons. The highest BCUT2D eigenvalue weighted by Crippen LogP contribution is 2.16. The normalized spacial score (nSPS) is 17.7. The van der Waals surface area contributed by atoms with Crippen LogP contribution in [0.25, 0.3) is 0 Å². The predicted octanol–water partition coefficient (Wildman–Crippen LogP) is 2.18. The van der Waals surface area contributed by atoms with Crippen LogP contribution < -0.4 is 0 Å². The number of aromatic nitrogens is 2. The molecular weight excluding hydrogens is 290 g/mol. The first kappa shape index (κ1) is 15.7. The van der Waals surface area contributed by atoms with Gasteiger partial charge in [0.1, 0.15) is 0 Å². The Morgan fingerprint density at radius 3 is 2.91 bits per heavy atom. The van der Waals surface area contributed by atoms with E-state index in [1.165, 1.54) is 11.1 Å². The summed E-state index contributed by atoms with van der Waals surface area (Å²) in [5.74, 6) is 0.171. The van der Waals surface area contributed by atoms with Gasteiger partial charge < -0.3 is 9.64 Å². The SMILES string of the molecule is CO[C@@H]1CN(C(=O)CCc2ccccc2C)Cc2ccnn2C1. The molecule has 23 heavy (non-hydrogen) atoms. The van der Waals surface area contributed by atoms with E-state index >= 15 is 0 Å². The number of methoxy groups -OCH3 is 1. The number of ether oxygens (including phenoxy) is 1. The van der Waals surface area contributed by atoms with Gasteiger partial charge in [0.25, 0.3) is 0 Å². The van der Waals surface area contributed by atoms with Gasteiger partial charge in [-0.2, -0.15) is 5.10 Å². The van der Waals surface area contributed by atoms with E-state index in [0.717, 1.165) is 12.1 Å². The minimum atomic E-state index is -0.0152. The molecule has 1 atom stereocenters. The fourth-order valence-corrected chi connectivity index (χ4v) is 3.04. The standard InChI is InChI=1S/C18H23N3O2/c1-14-5-3-4-6-15(14)7-8-18(22)20-11-16-9-10-19-21(16)13-17(12-20)23-2/h3-6,9-10,17H,7-8,11-13H2,1-2H3/t17-/m1/s1. The van der Waals surface area contributed by atoms with Gasteiger partial charge >= 0.3 is 0 Å². The summed E-state index contributed by atoms with van der Waals surface area (Å²) in [5.41, 5.74) is 3.54. The first-order valence-electron chi connectivity index (χ1n) is 8.03. The molecule has 5 nitrogen and oxygen atoms in total. The second-order valence-corrected chi connectivity index (χ2v) is 6.06. The molecular formula is C18H23N3O2. The molecule has 0 saturated heterocycles. The first-order chi connectivity index (χ1) is 11.2. The van der Waals surface area contributed by atoms with Gasteiger partial charge in [0.05, 0.1) is 24.9 Å². The molecule has 0 spiro atoms. The highest BCUT2D eigenvalue weighted by molar-refractivity contribution is 5.76. The van der Waals surface area contributed by atoms with Gasteiger partial charge in [-0.05, 0) is 30.5 Å². The molecule has 2 heterocycles. The van der Waals surface area contributed by atoms with Gasteiger partial charge in [0, 0.05) is 26.3 Å². The van der Waals surface area contributed by atoms with Crippen molar-refractivity contribution in [3.8, 4) is 0 Å². The quantitative estimate of drug-likeness (QED) is 0.869. The number of fused-ring (bicyclic) bond motifs is 1. The lowest BCUT2D eigenvalue weighted by Gasteiger charge is -2.23. The number of carbonyl (C=O) groups is 1. The van der Waals surface area contributed by atoms with Crippen LogP contribution in [-0.2, 0) is 29.0 Å². The summed E-state index contributed by atoms with van der Waals surface area (Å²) in [6, 6.07) is 10.2. The van der Waals surface area contributed by atoms with Crippen molar-refractivity contribution in [3.05, 3.63) is 53.3 Å². The van der Waals surface area contributed by atoms with E-state index in [-0.39, 0.29) is 12.0 Å². The molecule has 122 valence electrons. The number of aryl methyl sites for hydroxylation is 2. The second-order valence-electron chi connectivity index (χ2n) is 6.06. The van der Waals surface area contributed by atoms with Crippen molar-refractivity contribution in [2.24, 2.45) is 0 Å². The lowest BCUT2D eigenvalue weighted by Crippen LogP contribution is -2.37. The van der Waals surface area contributed by atoms with E-state index in [1.54, 1.807) is 13.3 Å². The van der Waals surface area contributed by atoms with E-state index in [2.05, 4.69) is 24.2 Å². The molecule has 0 aliphatic carbocycles. The smallest absolute Gasteiger partial charge is 0.223 e. The average Bonchev–Trinajstić information content (AvgIpc) is 2.91. The minimum Gasteiger partial charge on any atom is -0.378 e. The van der Waals surface area contributed by atoms with Crippen molar-refractivity contribution in [2.75, 3.05) is 13.7 Å². The summed E-state index contributed by atoms with van der Waals surface area (Å²) in [5, 5.41) is 4.31. The van der Waals surface area contributed by atoms with Crippen LogP contribution in [0.5, 0.6) is 0 Å². The molecule has 0 unspecified atom stereocenters. The Kier molecular flexibility index (Phi) is 4.76. The van der Waals surface area contributed by atoms with Gasteiger partial charge in [-0.25, -0.2) is 0 Å². The number of hydrogen-bond acceptors (Lipinski definition) is 3. The van der Waals surface area contributed by atoms with E-state index in [0.29, 0.717) is 26.1 Å². The topological polar surface area (TPSA) is 47.4 Å². The lowest BCUT2D eigenvalue weighted by atomic mass is 10.0. The zero-order valence-corrected chi connectivity index (χ0v) is 13.7. The largest absolute Gasteiger partial charge is 0.378 e. The average molecular weight is 313 g/mol. The highest BCUT2D eigenvalue weighted by Gasteiger charge is 2.25. The van der Waals surface area contributed by atoms with Crippen molar-refractivity contribution < 1.29 is 9.53 Å². The molecule has 1 amide bonds. The zero-order valence-electron chi connectivity index (χ0n) is 13.7. The van der Waals surface area contributed by atoms with Crippen LogP contribution in [0.3, 0.4) is 0 Å². The number of benzene rings is 1. The van der Waals surface area contributed by atoms with E-state index in [1.807, 2.05) is 27.8 Å². The molecule has 1 aliphatic rings. The van der Waals surface area contributed by atoms with Crippen LogP contribution in [0.15, 0.2) is 36.5 Å². The Bertz CT molecular complexity index is 680. The number of carbonyl (C=O) groups excluding carboxylic acids is 1. The second kappa shape index (κ2) is 6.96. The summed E-state index contributed by atoms with van der Waals surface area (Å²) >= 11 is 0. The maximum atomic E-state index is 12.7. The van der Waals surface area contributed by atoms with Crippen LogP contribution in [0.2, 0.25) is 0 Å². The Hall–Kier alpha value is -2.14. The summed E-state index contributed by atoms with van der Waals surface area (Å²) in [7, 11) is 1.69. The van der Waals surface area contributed by atoms with Gasteiger partial charge in [-0.15, -0.1) is 0 Å². The maximum Gasteiger partial charge on any atom is 0.223 e. The van der Waals surface area contributed by atoms with Crippen LogP contribution in [0, 0.1) is 6.92 Å². The third-order valence-corrected chi connectivity index (χ3v) is 4.51. The van der Waals surface area contributed by atoms with Gasteiger partial charge in [0.15, 0.2) is 0 Å². The fourth-order valence-electron chi connectivity index (χ4n) is 3.04. The third kappa shape index (κ3) is 3.62. The Balaban J connectivity index is 1.68. The van der Waals surface area contributed by atoms with Crippen molar-refractivity contribution in [1.82, 2.24) is 14.7 Å². The van der Waals surface area contributed by atoms with Crippen LogP contribution in [0.1, 0.15) is 23.2 Å². The summed E-state index contributed by atoms with van der Waals surface area (Å²) in [6.07, 6.45) is 3.07. The summed E-state index contributed by atoms with van der Waals surface area (Å²) in [4.78, 5) is 14.6. The number of nitrogens with zero attached hydrogens (tertiary/aromatic N) is 3. The molecule has 2 aromatic rings. The van der Waals surface area contributed by atoms with Crippen molar-refractivity contribution in [1.29, 1.82) is 0 Å². The Morgan fingerprint density at radius 1 is 1.30 bits per heavy atom. The number of rotatable bonds is 4. The fraction of sp³-hybridized carbons (Fsp3) is 0.444. The van der Waals surface area contributed by atoms with Gasteiger partial charge in [-0.1, -0.05) is 24.3 Å². The van der Waals surface area contributed by atoms with Gasteiger partial charge in [-0.3, -0.25) is 9.48 Å². The zero-order chi connectivity index (χ0) is 16.2. The monoisotopic (exact) mass is 313 g/mol. The van der Waals surface area contributed by atoms with Crippen LogP contribution in [-0.4, -0.2) is 40.3 Å². The van der Waals surface area contributed by atoms with Crippen molar-refractivity contribution >= 4 is 5.91 Å². The summed E-state index contributed by atoms with van der Waals surface area (Å²) < 4.78 is 7.44. The number of amides is 1. The highest BCUT2D eigenvalue weighted by atomic mass is 16.5. The minimum absolute atomic E-state index is 0.0152. The Morgan fingerprint density at radius 2 is 2.13 bits per heavy atom.